The van der Waals surface area contributed by atoms with Crippen LogP contribution in [0.15, 0.2) is 109 Å². The summed E-state index contributed by atoms with van der Waals surface area (Å²) < 4.78 is 9.69. The van der Waals surface area contributed by atoms with Crippen molar-refractivity contribution in [1.82, 2.24) is 0 Å². The Labute approximate surface area is 296 Å². The number of fused-ring (bicyclic) bond motifs is 7. The van der Waals surface area contributed by atoms with Crippen LogP contribution in [0.3, 0.4) is 0 Å². The van der Waals surface area contributed by atoms with E-state index in [-0.39, 0.29) is 29.7 Å². The molecule has 2 aliphatic carbocycles. The third kappa shape index (κ3) is 3.01. The molecule has 12 atom stereocenters. The van der Waals surface area contributed by atoms with Crippen molar-refractivity contribution in [2.24, 2.45) is 17.8 Å². The molecule has 2 spiro atoms. The molecule has 0 aromatic heterocycles. The quantitative estimate of drug-likeness (QED) is 0.335. The van der Waals surface area contributed by atoms with Gasteiger partial charge in [-0.05, 0) is 52.1 Å². The highest BCUT2D eigenvalue weighted by Gasteiger charge is 2.78. The molecule has 50 heavy (non-hydrogen) atoms. The number of ether oxygens (including phenoxy) is 1. The van der Waals surface area contributed by atoms with E-state index < -0.39 is 0 Å². The van der Waals surface area contributed by atoms with Crippen LogP contribution in [0.1, 0.15) is 36.8 Å². The third-order valence-corrected chi connectivity index (χ3v) is 16.7. The number of benzene rings is 2. The molecule has 8 aliphatic heterocycles. The summed E-state index contributed by atoms with van der Waals surface area (Å²) in [6, 6.07) is 20.8. The van der Waals surface area contributed by atoms with Crippen LogP contribution < -0.4 is 9.80 Å². The molecular weight excluding hydrogens is 617 g/mol. The summed E-state index contributed by atoms with van der Waals surface area (Å²) in [4.78, 5) is 5.74. The molecule has 8 heterocycles. The second-order valence-corrected chi connectivity index (χ2v) is 17.8. The standard InChI is InChI=1S/C44H50N4O2/c1-3-17-47-19-15-43-34-10-6-8-12-36(34)46-40(43)32(30(23-37(43)47)28(26-47)13-21-49)25-45-35-11-7-5-9-33(35)44-16-20-48(18-4-2)27-29-14-22-50-42(46)39(41(44)45)31(29)24-38(44)48/h3-14,25,30-31,37-42,49H,1-2,15-24,26-27H2/q+2/b28-13-,32-25-/t30-,31-,37-,38-,39+,40-,41-,42+,43+,44+,47?,48?/m0/s1. The molecule has 1 N–H and O–H groups in total. The van der Waals surface area contributed by atoms with Gasteiger partial charge in [0.2, 0.25) is 0 Å². The Balaban J connectivity index is 1.17. The van der Waals surface area contributed by atoms with Gasteiger partial charge in [-0.25, -0.2) is 0 Å². The smallest absolute Gasteiger partial charge is 0.136 e. The third-order valence-electron chi connectivity index (χ3n) is 16.7. The minimum absolute atomic E-state index is 0.00591. The monoisotopic (exact) mass is 666 g/mol. The second kappa shape index (κ2) is 9.51. The van der Waals surface area contributed by atoms with E-state index in [1.165, 1.54) is 42.8 Å². The first-order chi connectivity index (χ1) is 24.5. The Morgan fingerprint density at radius 3 is 2.36 bits per heavy atom. The second-order valence-electron chi connectivity index (χ2n) is 17.8. The van der Waals surface area contributed by atoms with Crippen LogP contribution in [0.25, 0.3) is 0 Å². The predicted molar refractivity (Wildman–Crippen MR) is 196 cm³/mol. The van der Waals surface area contributed by atoms with Crippen LogP contribution >= 0.6 is 0 Å². The van der Waals surface area contributed by atoms with Gasteiger partial charge in [0.15, 0.2) is 0 Å². The molecule has 6 heteroatoms. The molecule has 2 saturated carbocycles. The molecule has 0 radical (unpaired) electrons. The van der Waals surface area contributed by atoms with Gasteiger partial charge >= 0.3 is 0 Å². The van der Waals surface area contributed by atoms with E-state index in [0.717, 1.165) is 48.1 Å². The molecular formula is C44H50N4O2+2. The molecule has 12 rings (SSSR count). The van der Waals surface area contributed by atoms with E-state index >= 15 is 0 Å². The molecule has 2 unspecified atom stereocenters. The SMILES string of the molecule is C=CC[N+]12CC[C@@]34c5ccccc5N5/C=C6/[C@H]7C[C@H]8[C@@]9(CC[N+]8(CC=C)C/C7=C/CO)c7ccccc7N([C@@H]7OCC=C(C1)[C@H](C[C@@H]32)[C@@H]7[C@H]54)[C@@H]69. The van der Waals surface area contributed by atoms with Gasteiger partial charge in [0.1, 0.15) is 31.4 Å². The number of quaternary nitrogens is 2. The first-order valence-electron chi connectivity index (χ1n) is 19.6. The van der Waals surface area contributed by atoms with Crippen LogP contribution in [0.2, 0.25) is 0 Å². The predicted octanol–water partition coefficient (Wildman–Crippen LogP) is 5.57. The fourth-order valence-corrected chi connectivity index (χ4v) is 15.5. The van der Waals surface area contributed by atoms with Crippen LogP contribution in [-0.4, -0.2) is 97.0 Å². The summed E-state index contributed by atoms with van der Waals surface area (Å²) >= 11 is 0. The zero-order valence-electron chi connectivity index (χ0n) is 29.2. The lowest BCUT2D eigenvalue weighted by molar-refractivity contribution is -0.937. The normalized spacial score (nSPS) is 47.7. The highest BCUT2D eigenvalue weighted by Crippen LogP contribution is 2.71. The lowest BCUT2D eigenvalue weighted by atomic mass is 9.53. The van der Waals surface area contributed by atoms with Crippen molar-refractivity contribution in [2.75, 3.05) is 62.3 Å². The molecule has 6 fully saturated rings. The maximum Gasteiger partial charge on any atom is 0.136 e. The summed E-state index contributed by atoms with van der Waals surface area (Å²) in [6.07, 6.45) is 16.6. The number of rotatable bonds is 5. The molecule has 6 nitrogen and oxygen atoms in total. The van der Waals surface area contributed by atoms with E-state index in [1.54, 1.807) is 22.3 Å². The first-order valence-corrected chi connectivity index (χ1v) is 19.6. The Bertz CT molecular complexity index is 1980. The topological polar surface area (TPSA) is 35.9 Å². The fourth-order valence-electron chi connectivity index (χ4n) is 15.5. The summed E-state index contributed by atoms with van der Waals surface area (Å²) in [5.74, 6) is 1.20. The summed E-state index contributed by atoms with van der Waals surface area (Å²) in [7, 11) is 0. The Morgan fingerprint density at radius 2 is 1.58 bits per heavy atom. The largest absolute Gasteiger partial charge is 0.392 e. The molecule has 4 saturated heterocycles. The van der Waals surface area contributed by atoms with Crippen molar-refractivity contribution in [3.05, 3.63) is 120 Å². The van der Waals surface area contributed by atoms with Crippen LogP contribution in [0, 0.1) is 17.8 Å². The van der Waals surface area contributed by atoms with Crippen molar-refractivity contribution in [1.29, 1.82) is 0 Å². The van der Waals surface area contributed by atoms with E-state index in [0.29, 0.717) is 42.5 Å². The molecule has 4 bridgehead atoms. The number of piperidine rings is 2. The van der Waals surface area contributed by atoms with E-state index in [4.69, 9.17) is 4.74 Å². The molecule has 0 amide bonds. The van der Waals surface area contributed by atoms with Gasteiger partial charge in [-0.15, -0.1) is 0 Å². The average molecular weight is 667 g/mol. The number of hydrogen-bond donors (Lipinski definition) is 1. The van der Waals surface area contributed by atoms with Gasteiger partial charge in [-0.1, -0.05) is 61.7 Å². The minimum atomic E-state index is -0.00591. The number of aliphatic hydroxyl groups is 1. The van der Waals surface area contributed by atoms with Crippen molar-refractivity contribution < 1.29 is 18.8 Å². The van der Waals surface area contributed by atoms with Crippen LogP contribution in [0.5, 0.6) is 0 Å². The van der Waals surface area contributed by atoms with Gasteiger partial charge in [0.05, 0.1) is 62.3 Å². The molecule has 2 aromatic carbocycles. The maximum absolute atomic E-state index is 10.5. The zero-order valence-corrected chi connectivity index (χ0v) is 29.2. The fraction of sp³-hybridized carbons (Fsp3) is 0.500. The number of aliphatic hydroxyl groups excluding tert-OH is 1. The van der Waals surface area contributed by atoms with Crippen molar-refractivity contribution in [3.8, 4) is 0 Å². The lowest BCUT2D eigenvalue weighted by Crippen LogP contribution is -2.74. The van der Waals surface area contributed by atoms with Gasteiger partial charge < -0.3 is 28.6 Å². The van der Waals surface area contributed by atoms with E-state index in [9.17, 15) is 5.11 Å². The van der Waals surface area contributed by atoms with Gasteiger partial charge in [-0.2, -0.15) is 0 Å². The highest BCUT2D eigenvalue weighted by atomic mass is 16.5. The average Bonchev–Trinajstić information content (AvgIpc) is 3.78. The Hall–Kier alpha value is -3.42. The van der Waals surface area contributed by atoms with Crippen molar-refractivity contribution >= 4 is 11.4 Å². The molecule has 2 aromatic rings. The van der Waals surface area contributed by atoms with Crippen LogP contribution in [0.4, 0.5) is 11.4 Å². The van der Waals surface area contributed by atoms with Gasteiger partial charge in [-0.3, -0.25) is 0 Å². The summed E-state index contributed by atoms with van der Waals surface area (Å²) in [5, 5.41) is 10.5. The lowest BCUT2D eigenvalue weighted by Gasteiger charge is -2.62. The number of nitrogens with zero attached hydrogens (tertiary/aromatic N) is 4. The Morgan fingerprint density at radius 1 is 0.880 bits per heavy atom. The zero-order chi connectivity index (χ0) is 33.2. The first kappa shape index (κ1) is 29.2. The molecule has 10 aliphatic rings. The maximum atomic E-state index is 10.5. The number of para-hydroxylation sites is 2. The van der Waals surface area contributed by atoms with Crippen LogP contribution in [-0.2, 0) is 15.6 Å². The van der Waals surface area contributed by atoms with Crippen molar-refractivity contribution in [2.45, 2.75) is 66.9 Å². The highest BCUT2D eigenvalue weighted by molar-refractivity contribution is 5.74. The van der Waals surface area contributed by atoms with E-state index in [2.05, 4.69) is 102 Å². The number of hydrogen-bond acceptors (Lipinski definition) is 4. The van der Waals surface area contributed by atoms with E-state index in [1.807, 2.05) is 0 Å². The number of anilines is 2. The summed E-state index contributed by atoms with van der Waals surface area (Å²) in [6.45, 7) is 16.0. The molecule has 256 valence electrons. The van der Waals surface area contributed by atoms with Gasteiger partial charge in [0.25, 0.3) is 0 Å². The van der Waals surface area contributed by atoms with Crippen molar-refractivity contribution in [3.63, 3.8) is 0 Å². The minimum Gasteiger partial charge on any atom is -0.392 e. The summed E-state index contributed by atoms with van der Waals surface area (Å²) in [5.41, 5.74) is 10.8. The van der Waals surface area contributed by atoms with Gasteiger partial charge in [0, 0.05) is 61.0 Å². The Kier molecular flexibility index (Phi) is 5.55.